The summed E-state index contributed by atoms with van der Waals surface area (Å²) in [6, 6.07) is 54.6. The average molecular weight is 715 g/mol. The lowest BCUT2D eigenvalue weighted by Crippen LogP contribution is -2.00. The monoisotopic (exact) mass is 714 g/mol. The van der Waals surface area contributed by atoms with Gasteiger partial charge in [0.25, 0.3) is 0 Å². The fourth-order valence-corrected chi connectivity index (χ4v) is 9.33. The molecule has 0 saturated heterocycles. The highest BCUT2D eigenvalue weighted by atomic mass is 32.1. The molecular formula is C46H26N4OS2. The van der Waals surface area contributed by atoms with Gasteiger partial charge in [0.15, 0.2) is 17.5 Å². The highest BCUT2D eigenvalue weighted by Crippen LogP contribution is 2.40. The van der Waals surface area contributed by atoms with Crippen molar-refractivity contribution in [3.8, 4) is 55.9 Å². The summed E-state index contributed by atoms with van der Waals surface area (Å²) in [6.45, 7) is 0. The van der Waals surface area contributed by atoms with Crippen LogP contribution >= 0.6 is 22.7 Å². The molecule has 11 aromatic rings. The normalized spacial score (nSPS) is 11.8. The van der Waals surface area contributed by atoms with Gasteiger partial charge in [-0.15, -0.1) is 22.7 Å². The van der Waals surface area contributed by atoms with Gasteiger partial charge in [0.1, 0.15) is 16.2 Å². The molecule has 0 unspecified atom stereocenters. The maximum Gasteiger partial charge on any atom is 0.164 e. The molecule has 248 valence electrons. The van der Waals surface area contributed by atoms with Crippen LogP contribution in [0.5, 0.6) is 0 Å². The third-order valence-corrected chi connectivity index (χ3v) is 12.0. The van der Waals surface area contributed by atoms with Crippen LogP contribution in [0.2, 0.25) is 0 Å². The van der Waals surface area contributed by atoms with Crippen molar-refractivity contribution >= 4 is 75.0 Å². The maximum absolute atomic E-state index is 6.56. The summed E-state index contributed by atoms with van der Waals surface area (Å²) in [5, 5.41) is 5.51. The Bertz CT molecular complexity index is 3160. The first-order valence-electron chi connectivity index (χ1n) is 17.4. The van der Waals surface area contributed by atoms with Gasteiger partial charge in [0, 0.05) is 53.2 Å². The molecule has 0 atom stereocenters. The van der Waals surface area contributed by atoms with Crippen molar-refractivity contribution in [1.29, 1.82) is 0 Å². The van der Waals surface area contributed by atoms with Crippen LogP contribution < -0.4 is 0 Å². The zero-order chi connectivity index (χ0) is 34.9. The predicted molar refractivity (Wildman–Crippen MR) is 220 cm³/mol. The largest absolute Gasteiger partial charge is 0.456 e. The van der Waals surface area contributed by atoms with E-state index in [0.717, 1.165) is 65.8 Å². The Kier molecular flexibility index (Phi) is 6.83. The Hall–Kier alpha value is -6.54. The second-order valence-corrected chi connectivity index (χ2v) is 15.2. The first-order valence-corrected chi connectivity index (χ1v) is 19.0. The SMILES string of the molecule is c1ccc(-c2nc(-c3ccc4c(c3)sc3ccccc34)nc(-c3cccc4oc5cc(-c6cccc(-c7nc8ccccc8s7)c6)ccc5c34)n2)cc1. The Morgan fingerprint density at radius 3 is 1.96 bits per heavy atom. The molecule has 5 nitrogen and oxygen atoms in total. The Labute approximate surface area is 311 Å². The van der Waals surface area contributed by atoms with Crippen molar-refractivity contribution in [3.05, 3.63) is 158 Å². The zero-order valence-corrected chi connectivity index (χ0v) is 29.7. The Morgan fingerprint density at radius 2 is 1.06 bits per heavy atom. The first-order chi connectivity index (χ1) is 26.2. The molecule has 0 bridgehead atoms. The van der Waals surface area contributed by atoms with Gasteiger partial charge in [-0.3, -0.25) is 0 Å². The standard InChI is InChI=1S/C46H26N4OS2/c1-2-10-27(11-3-1)43-48-44(30-21-22-33-32-14-4-6-18-39(32)52-41(33)26-30)50-45(49-43)35-15-9-17-37-42(35)34-23-20-29(25-38(34)51-37)28-12-8-13-31(24-28)46-47-36-16-5-7-19-40(36)53-46/h1-26H. The number of fused-ring (bicyclic) bond motifs is 7. The van der Waals surface area contributed by atoms with Gasteiger partial charge in [-0.1, -0.05) is 109 Å². The highest BCUT2D eigenvalue weighted by molar-refractivity contribution is 7.25. The zero-order valence-electron chi connectivity index (χ0n) is 28.0. The van der Waals surface area contributed by atoms with Crippen LogP contribution in [-0.4, -0.2) is 19.9 Å². The number of aromatic nitrogens is 4. The van der Waals surface area contributed by atoms with Crippen LogP contribution in [0.25, 0.3) is 108 Å². The summed E-state index contributed by atoms with van der Waals surface area (Å²) < 4.78 is 10.2. The molecule has 0 fully saturated rings. The third-order valence-electron chi connectivity index (χ3n) is 9.78. The van der Waals surface area contributed by atoms with Crippen LogP contribution in [0.15, 0.2) is 162 Å². The lowest BCUT2D eigenvalue weighted by molar-refractivity contribution is 0.669. The molecule has 7 aromatic carbocycles. The van der Waals surface area contributed by atoms with Gasteiger partial charge in [-0.05, 0) is 59.7 Å². The fraction of sp³-hybridized carbons (Fsp3) is 0. The fourth-order valence-electron chi connectivity index (χ4n) is 7.23. The Morgan fingerprint density at radius 1 is 0.377 bits per heavy atom. The molecule has 0 radical (unpaired) electrons. The van der Waals surface area contributed by atoms with Crippen LogP contribution in [0.1, 0.15) is 0 Å². The number of benzene rings is 7. The Balaban J connectivity index is 1.04. The molecular weight excluding hydrogens is 689 g/mol. The number of para-hydroxylation sites is 1. The van der Waals surface area contributed by atoms with Crippen molar-refractivity contribution in [2.24, 2.45) is 0 Å². The average Bonchev–Trinajstić information content (AvgIpc) is 3.94. The number of thiazole rings is 1. The van der Waals surface area contributed by atoms with Gasteiger partial charge in [0.2, 0.25) is 0 Å². The molecule has 53 heavy (non-hydrogen) atoms. The summed E-state index contributed by atoms with van der Waals surface area (Å²) in [5.74, 6) is 1.86. The predicted octanol–water partition coefficient (Wildman–Crippen LogP) is 13.1. The van der Waals surface area contributed by atoms with E-state index in [4.69, 9.17) is 24.4 Å². The van der Waals surface area contributed by atoms with E-state index in [9.17, 15) is 0 Å². The minimum Gasteiger partial charge on any atom is -0.456 e. The molecule has 0 aliphatic rings. The summed E-state index contributed by atoms with van der Waals surface area (Å²) in [5.41, 5.74) is 8.68. The van der Waals surface area contributed by atoms with Gasteiger partial charge < -0.3 is 4.42 Å². The lowest BCUT2D eigenvalue weighted by Gasteiger charge is -2.09. The highest BCUT2D eigenvalue weighted by Gasteiger charge is 2.19. The number of hydrogen-bond donors (Lipinski definition) is 0. The van der Waals surface area contributed by atoms with Crippen LogP contribution in [0, 0.1) is 0 Å². The van der Waals surface area contributed by atoms with Crippen molar-refractivity contribution < 1.29 is 4.42 Å². The number of hydrogen-bond acceptors (Lipinski definition) is 7. The molecule has 0 spiro atoms. The topological polar surface area (TPSA) is 64.7 Å². The molecule has 0 amide bonds. The smallest absolute Gasteiger partial charge is 0.164 e. The number of thiophene rings is 1. The molecule has 11 rings (SSSR count). The maximum atomic E-state index is 6.56. The molecule has 4 heterocycles. The molecule has 0 aliphatic carbocycles. The van der Waals surface area contributed by atoms with E-state index in [2.05, 4.69) is 109 Å². The molecule has 0 aliphatic heterocycles. The summed E-state index contributed by atoms with van der Waals surface area (Å²) in [7, 11) is 0. The van der Waals surface area contributed by atoms with Crippen molar-refractivity contribution in [2.75, 3.05) is 0 Å². The summed E-state index contributed by atoms with van der Waals surface area (Å²) >= 11 is 3.50. The van der Waals surface area contributed by atoms with E-state index in [1.165, 1.54) is 24.9 Å². The minimum atomic E-state index is 0.603. The van der Waals surface area contributed by atoms with E-state index in [0.29, 0.717) is 17.5 Å². The van der Waals surface area contributed by atoms with E-state index in [-0.39, 0.29) is 0 Å². The van der Waals surface area contributed by atoms with Crippen LogP contribution in [0.4, 0.5) is 0 Å². The van der Waals surface area contributed by atoms with Gasteiger partial charge >= 0.3 is 0 Å². The van der Waals surface area contributed by atoms with E-state index < -0.39 is 0 Å². The van der Waals surface area contributed by atoms with E-state index >= 15 is 0 Å². The van der Waals surface area contributed by atoms with Gasteiger partial charge in [-0.2, -0.15) is 0 Å². The first kappa shape index (κ1) is 30.1. The van der Waals surface area contributed by atoms with Crippen LogP contribution in [-0.2, 0) is 0 Å². The van der Waals surface area contributed by atoms with Crippen molar-refractivity contribution in [1.82, 2.24) is 19.9 Å². The second kappa shape index (κ2) is 12.0. The molecule has 0 N–H and O–H groups in total. The third kappa shape index (κ3) is 5.12. The summed E-state index contributed by atoms with van der Waals surface area (Å²) in [6.07, 6.45) is 0. The van der Waals surface area contributed by atoms with E-state index in [1.54, 1.807) is 22.7 Å². The molecule has 7 heteroatoms. The molecule has 4 aromatic heterocycles. The quantitative estimate of drug-likeness (QED) is 0.178. The minimum absolute atomic E-state index is 0.603. The summed E-state index contributed by atoms with van der Waals surface area (Å²) in [4.78, 5) is 20.2. The number of furan rings is 1. The number of nitrogens with zero attached hydrogens (tertiary/aromatic N) is 4. The van der Waals surface area contributed by atoms with Crippen molar-refractivity contribution in [2.45, 2.75) is 0 Å². The van der Waals surface area contributed by atoms with Crippen LogP contribution in [0.3, 0.4) is 0 Å². The van der Waals surface area contributed by atoms with Gasteiger partial charge in [0.05, 0.1) is 10.2 Å². The number of rotatable bonds is 5. The van der Waals surface area contributed by atoms with Crippen molar-refractivity contribution in [3.63, 3.8) is 0 Å². The molecule has 0 saturated carbocycles. The van der Waals surface area contributed by atoms with Gasteiger partial charge in [-0.25, -0.2) is 19.9 Å². The lowest BCUT2D eigenvalue weighted by atomic mass is 10.00. The van der Waals surface area contributed by atoms with E-state index in [1.807, 2.05) is 48.5 Å². The second-order valence-electron chi connectivity index (χ2n) is 13.0.